The molecule has 3 rings (SSSR count). The van der Waals surface area contributed by atoms with E-state index in [9.17, 15) is 5.11 Å². The fourth-order valence-electron chi connectivity index (χ4n) is 3.14. The number of aliphatic hydroxyl groups excluding tert-OH is 1. The van der Waals surface area contributed by atoms with E-state index >= 15 is 0 Å². The van der Waals surface area contributed by atoms with Gasteiger partial charge < -0.3 is 5.11 Å². The second kappa shape index (κ2) is 6.42. The van der Waals surface area contributed by atoms with Crippen molar-refractivity contribution in [2.24, 2.45) is 0 Å². The van der Waals surface area contributed by atoms with Gasteiger partial charge in [0.15, 0.2) is 0 Å². The first kappa shape index (κ1) is 14.3. The van der Waals surface area contributed by atoms with Crippen molar-refractivity contribution in [1.82, 2.24) is 4.90 Å². The number of hydrogen-bond donors (Lipinski definition) is 1. The van der Waals surface area contributed by atoms with Gasteiger partial charge in [-0.15, -0.1) is 0 Å². The van der Waals surface area contributed by atoms with E-state index in [1.807, 2.05) is 12.1 Å². The Kier molecular flexibility index (Phi) is 4.37. The molecule has 0 saturated carbocycles. The van der Waals surface area contributed by atoms with Gasteiger partial charge in [0.05, 0.1) is 0 Å². The fourth-order valence-corrected chi connectivity index (χ4v) is 3.14. The molecular weight excluding hydrogens is 258 g/mol. The second-order valence-electron chi connectivity index (χ2n) is 5.91. The Morgan fingerprint density at radius 3 is 2.48 bits per heavy atom. The predicted molar refractivity (Wildman–Crippen MR) is 87.0 cm³/mol. The zero-order chi connectivity index (χ0) is 14.7. The molecular formula is C19H23NO. The van der Waals surface area contributed by atoms with Gasteiger partial charge in [-0.05, 0) is 48.1 Å². The minimum Gasteiger partial charge on any atom is -0.374 e. The summed E-state index contributed by atoms with van der Waals surface area (Å²) in [7, 11) is 0. The molecule has 0 spiro atoms. The standard InChI is InChI=1S/C19H23NO/c1-15-8-3-4-11-18(15)16-9-7-10-17(14-16)19(21)20-12-5-2-6-13-20/h3-4,7-11,14,19,21H,2,5-6,12-13H2,1H3. The van der Waals surface area contributed by atoms with E-state index in [0.29, 0.717) is 0 Å². The Labute approximate surface area is 127 Å². The number of nitrogens with zero attached hydrogens (tertiary/aromatic N) is 1. The van der Waals surface area contributed by atoms with Crippen LogP contribution in [0.2, 0.25) is 0 Å². The molecule has 21 heavy (non-hydrogen) atoms. The minimum absolute atomic E-state index is 0.478. The van der Waals surface area contributed by atoms with E-state index in [4.69, 9.17) is 0 Å². The summed E-state index contributed by atoms with van der Waals surface area (Å²) in [5, 5.41) is 10.6. The normalized spacial score (nSPS) is 17.6. The van der Waals surface area contributed by atoms with Crippen molar-refractivity contribution in [3.8, 4) is 11.1 Å². The van der Waals surface area contributed by atoms with Crippen LogP contribution in [0.1, 0.15) is 36.6 Å². The Morgan fingerprint density at radius 2 is 1.71 bits per heavy atom. The molecule has 1 heterocycles. The third-order valence-corrected chi connectivity index (χ3v) is 4.38. The molecule has 1 fully saturated rings. The molecule has 1 N–H and O–H groups in total. The number of likely N-dealkylation sites (tertiary alicyclic amines) is 1. The van der Waals surface area contributed by atoms with E-state index in [1.54, 1.807) is 0 Å². The summed E-state index contributed by atoms with van der Waals surface area (Å²) in [4.78, 5) is 2.18. The number of piperidine rings is 1. The van der Waals surface area contributed by atoms with Crippen LogP contribution in [-0.4, -0.2) is 23.1 Å². The van der Waals surface area contributed by atoms with E-state index < -0.39 is 6.23 Å². The van der Waals surface area contributed by atoms with E-state index in [2.05, 4.69) is 48.2 Å². The smallest absolute Gasteiger partial charge is 0.133 e. The van der Waals surface area contributed by atoms with Crippen LogP contribution >= 0.6 is 0 Å². The first-order chi connectivity index (χ1) is 10.3. The van der Waals surface area contributed by atoms with Crippen molar-refractivity contribution < 1.29 is 5.11 Å². The SMILES string of the molecule is Cc1ccccc1-c1cccc(C(O)N2CCCCC2)c1. The van der Waals surface area contributed by atoms with E-state index in [1.165, 1.54) is 36.0 Å². The van der Waals surface area contributed by atoms with Crippen LogP contribution in [0.3, 0.4) is 0 Å². The van der Waals surface area contributed by atoms with Gasteiger partial charge in [-0.25, -0.2) is 0 Å². The molecule has 2 heteroatoms. The number of aliphatic hydroxyl groups is 1. The molecule has 0 aromatic heterocycles. The third kappa shape index (κ3) is 3.17. The lowest BCUT2D eigenvalue weighted by Crippen LogP contribution is -2.33. The largest absolute Gasteiger partial charge is 0.374 e. The van der Waals surface area contributed by atoms with E-state index in [-0.39, 0.29) is 0 Å². The molecule has 0 aliphatic carbocycles. The Morgan fingerprint density at radius 1 is 0.952 bits per heavy atom. The molecule has 110 valence electrons. The molecule has 2 aromatic rings. The summed E-state index contributed by atoms with van der Waals surface area (Å²) in [6, 6.07) is 16.7. The quantitative estimate of drug-likeness (QED) is 0.914. The van der Waals surface area contributed by atoms with Crippen LogP contribution in [0.25, 0.3) is 11.1 Å². The number of rotatable bonds is 3. The van der Waals surface area contributed by atoms with Crippen molar-refractivity contribution in [2.75, 3.05) is 13.1 Å². The summed E-state index contributed by atoms with van der Waals surface area (Å²) in [5.41, 5.74) is 4.69. The predicted octanol–water partition coefficient (Wildman–Crippen LogP) is 4.14. The maximum Gasteiger partial charge on any atom is 0.133 e. The first-order valence-electron chi connectivity index (χ1n) is 7.84. The lowest BCUT2D eigenvalue weighted by molar-refractivity contribution is -0.00979. The van der Waals surface area contributed by atoms with Gasteiger partial charge in [0.25, 0.3) is 0 Å². The average molecular weight is 281 g/mol. The molecule has 1 unspecified atom stereocenters. The topological polar surface area (TPSA) is 23.5 Å². The number of hydrogen-bond acceptors (Lipinski definition) is 2. The maximum atomic E-state index is 10.6. The van der Waals surface area contributed by atoms with Gasteiger partial charge >= 0.3 is 0 Å². The van der Waals surface area contributed by atoms with Crippen molar-refractivity contribution in [3.05, 3.63) is 59.7 Å². The maximum absolute atomic E-state index is 10.6. The Balaban J connectivity index is 1.87. The van der Waals surface area contributed by atoms with Crippen LogP contribution in [0.5, 0.6) is 0 Å². The molecule has 1 aliphatic rings. The van der Waals surface area contributed by atoms with Gasteiger partial charge in [-0.1, -0.05) is 48.9 Å². The fraction of sp³-hybridized carbons (Fsp3) is 0.368. The summed E-state index contributed by atoms with van der Waals surface area (Å²) < 4.78 is 0. The lowest BCUT2D eigenvalue weighted by Gasteiger charge is -2.31. The third-order valence-electron chi connectivity index (χ3n) is 4.38. The van der Waals surface area contributed by atoms with Crippen LogP contribution in [-0.2, 0) is 0 Å². The van der Waals surface area contributed by atoms with Crippen LogP contribution in [0.15, 0.2) is 48.5 Å². The zero-order valence-corrected chi connectivity index (χ0v) is 12.6. The monoisotopic (exact) mass is 281 g/mol. The number of aryl methyl sites for hydroxylation is 1. The van der Waals surface area contributed by atoms with Gasteiger partial charge in [-0.2, -0.15) is 0 Å². The summed E-state index contributed by atoms with van der Waals surface area (Å²) in [5.74, 6) is 0. The molecule has 1 saturated heterocycles. The molecule has 2 aromatic carbocycles. The van der Waals surface area contributed by atoms with Crippen LogP contribution in [0.4, 0.5) is 0 Å². The molecule has 0 bridgehead atoms. The highest BCUT2D eigenvalue weighted by atomic mass is 16.3. The second-order valence-corrected chi connectivity index (χ2v) is 5.91. The number of benzene rings is 2. The highest BCUT2D eigenvalue weighted by Gasteiger charge is 2.20. The van der Waals surface area contributed by atoms with Crippen LogP contribution in [0, 0.1) is 6.92 Å². The van der Waals surface area contributed by atoms with Gasteiger partial charge in [0.1, 0.15) is 6.23 Å². The molecule has 0 radical (unpaired) electrons. The summed E-state index contributed by atoms with van der Waals surface area (Å²) >= 11 is 0. The summed E-state index contributed by atoms with van der Waals surface area (Å²) in [6.45, 7) is 4.12. The molecule has 0 amide bonds. The van der Waals surface area contributed by atoms with Crippen molar-refractivity contribution in [2.45, 2.75) is 32.4 Å². The highest BCUT2D eigenvalue weighted by molar-refractivity contribution is 5.67. The minimum atomic E-state index is -0.478. The van der Waals surface area contributed by atoms with Gasteiger partial charge in [-0.3, -0.25) is 4.90 Å². The zero-order valence-electron chi connectivity index (χ0n) is 12.6. The average Bonchev–Trinajstić information content (AvgIpc) is 2.55. The first-order valence-corrected chi connectivity index (χ1v) is 7.84. The van der Waals surface area contributed by atoms with E-state index in [0.717, 1.165) is 18.7 Å². The molecule has 1 aliphatic heterocycles. The molecule has 2 nitrogen and oxygen atoms in total. The van der Waals surface area contributed by atoms with Gasteiger partial charge in [0, 0.05) is 13.1 Å². The molecule has 1 atom stereocenters. The lowest BCUT2D eigenvalue weighted by atomic mass is 9.98. The Hall–Kier alpha value is -1.64. The van der Waals surface area contributed by atoms with Crippen molar-refractivity contribution in [1.29, 1.82) is 0 Å². The highest BCUT2D eigenvalue weighted by Crippen LogP contribution is 2.28. The Bertz CT molecular complexity index is 602. The van der Waals surface area contributed by atoms with Gasteiger partial charge in [0.2, 0.25) is 0 Å². The van der Waals surface area contributed by atoms with Crippen molar-refractivity contribution >= 4 is 0 Å². The van der Waals surface area contributed by atoms with Crippen molar-refractivity contribution in [3.63, 3.8) is 0 Å². The summed E-state index contributed by atoms with van der Waals surface area (Å²) in [6.07, 6.45) is 3.18. The van der Waals surface area contributed by atoms with Crippen LogP contribution < -0.4 is 0 Å².